The van der Waals surface area contributed by atoms with Crippen molar-refractivity contribution in [3.05, 3.63) is 59.7 Å². The molecule has 0 aromatic heterocycles. The van der Waals surface area contributed by atoms with Gasteiger partial charge in [0.25, 0.3) is 0 Å². The molecule has 24 heavy (non-hydrogen) atoms. The molecule has 3 rings (SSSR count). The van der Waals surface area contributed by atoms with E-state index >= 15 is 0 Å². The molecule has 2 N–H and O–H groups in total. The van der Waals surface area contributed by atoms with Crippen LogP contribution in [0.15, 0.2) is 58.7 Å². The molecule has 7 heteroatoms. The van der Waals surface area contributed by atoms with E-state index in [0.29, 0.717) is 10.9 Å². The molecule has 6 nitrogen and oxygen atoms in total. The predicted octanol–water partition coefficient (Wildman–Crippen LogP) is 2.60. The second-order valence-corrected chi connectivity index (χ2v) is 5.96. The molecule has 0 radical (unpaired) electrons. The van der Waals surface area contributed by atoms with Crippen molar-refractivity contribution in [2.24, 2.45) is 10.2 Å². The molecule has 0 bridgehead atoms. The van der Waals surface area contributed by atoms with Crippen LogP contribution >= 0.6 is 11.8 Å². The van der Waals surface area contributed by atoms with E-state index in [2.05, 4.69) is 15.5 Å². The summed E-state index contributed by atoms with van der Waals surface area (Å²) in [7, 11) is 0. The monoisotopic (exact) mass is 339 g/mol. The average molecular weight is 339 g/mol. The van der Waals surface area contributed by atoms with Gasteiger partial charge in [-0.25, -0.2) is 4.79 Å². The number of aromatic carboxylic acids is 1. The zero-order chi connectivity index (χ0) is 16.9. The second kappa shape index (κ2) is 7.10. The summed E-state index contributed by atoms with van der Waals surface area (Å²) in [6.45, 7) is 0. The van der Waals surface area contributed by atoms with Crippen LogP contribution in [0, 0.1) is 0 Å². The van der Waals surface area contributed by atoms with Gasteiger partial charge in [-0.3, -0.25) is 4.79 Å². The van der Waals surface area contributed by atoms with Crippen LogP contribution in [0.25, 0.3) is 11.1 Å². The number of carboxylic acid groups (broad SMARTS) is 1. The Morgan fingerprint density at radius 2 is 1.92 bits per heavy atom. The quantitative estimate of drug-likeness (QED) is 0.662. The first-order valence-electron chi connectivity index (χ1n) is 7.09. The van der Waals surface area contributed by atoms with Crippen LogP contribution in [0.2, 0.25) is 0 Å². The molecular formula is C17H13N3O3S. The van der Waals surface area contributed by atoms with Crippen molar-refractivity contribution in [2.75, 3.05) is 5.75 Å². The van der Waals surface area contributed by atoms with Crippen molar-refractivity contribution >= 4 is 35.0 Å². The van der Waals surface area contributed by atoms with Gasteiger partial charge in [-0.2, -0.15) is 5.10 Å². The topological polar surface area (TPSA) is 91.1 Å². The lowest BCUT2D eigenvalue weighted by molar-refractivity contribution is -0.116. The first-order chi connectivity index (χ1) is 11.6. The molecule has 1 saturated heterocycles. The van der Waals surface area contributed by atoms with Crippen molar-refractivity contribution < 1.29 is 14.7 Å². The van der Waals surface area contributed by atoms with Crippen molar-refractivity contribution in [1.29, 1.82) is 0 Å². The fourth-order valence-corrected chi connectivity index (χ4v) is 2.79. The molecular weight excluding hydrogens is 326 g/mol. The summed E-state index contributed by atoms with van der Waals surface area (Å²) in [5.74, 6) is -0.667. The molecule has 1 amide bonds. The molecule has 120 valence electrons. The minimum atomic E-state index is -0.957. The van der Waals surface area contributed by atoms with Crippen molar-refractivity contribution in [1.82, 2.24) is 5.32 Å². The van der Waals surface area contributed by atoms with Gasteiger partial charge in [-0.1, -0.05) is 42.1 Å². The number of amidine groups is 1. The number of rotatable bonds is 4. The highest BCUT2D eigenvalue weighted by Gasteiger charge is 2.15. The van der Waals surface area contributed by atoms with Crippen LogP contribution in [0.5, 0.6) is 0 Å². The van der Waals surface area contributed by atoms with Crippen LogP contribution < -0.4 is 5.32 Å². The lowest BCUT2D eigenvalue weighted by atomic mass is 10.0. The Labute approximate surface area is 142 Å². The lowest BCUT2D eigenvalue weighted by Crippen LogP contribution is -2.19. The van der Waals surface area contributed by atoms with Gasteiger partial charge in [0, 0.05) is 0 Å². The zero-order valence-electron chi connectivity index (χ0n) is 12.5. The summed E-state index contributed by atoms with van der Waals surface area (Å²) in [5, 5.41) is 20.1. The van der Waals surface area contributed by atoms with Gasteiger partial charge in [0.1, 0.15) is 0 Å². The van der Waals surface area contributed by atoms with Crippen LogP contribution in [0.1, 0.15) is 15.9 Å². The number of carbonyl (C=O) groups excluding carboxylic acids is 1. The van der Waals surface area contributed by atoms with Crippen LogP contribution in [-0.2, 0) is 4.79 Å². The highest BCUT2D eigenvalue weighted by atomic mass is 32.2. The summed E-state index contributed by atoms with van der Waals surface area (Å²) in [6, 6.07) is 14.3. The van der Waals surface area contributed by atoms with E-state index in [4.69, 9.17) is 5.11 Å². The van der Waals surface area contributed by atoms with E-state index in [0.717, 1.165) is 16.7 Å². The third-order valence-electron chi connectivity index (χ3n) is 3.27. The number of amides is 1. The highest BCUT2D eigenvalue weighted by Crippen LogP contribution is 2.21. The van der Waals surface area contributed by atoms with Gasteiger partial charge in [0.05, 0.1) is 17.5 Å². The highest BCUT2D eigenvalue weighted by molar-refractivity contribution is 8.15. The number of thioether (sulfide) groups is 1. The van der Waals surface area contributed by atoms with Gasteiger partial charge < -0.3 is 10.4 Å². The number of benzene rings is 2. The molecule has 1 heterocycles. The maximum Gasteiger partial charge on any atom is 0.335 e. The molecule has 1 fully saturated rings. The van der Waals surface area contributed by atoms with Gasteiger partial charge in [0.2, 0.25) is 5.91 Å². The molecule has 0 unspecified atom stereocenters. The Bertz CT molecular complexity index is 862. The third-order valence-corrected chi connectivity index (χ3v) is 4.13. The first-order valence-corrected chi connectivity index (χ1v) is 8.08. The number of nitrogens with one attached hydrogen (secondary N) is 1. The third kappa shape index (κ3) is 3.88. The summed E-state index contributed by atoms with van der Waals surface area (Å²) >= 11 is 1.31. The fraction of sp³-hybridized carbons (Fsp3) is 0.0588. The van der Waals surface area contributed by atoms with Crippen LogP contribution in [0.3, 0.4) is 0 Å². The molecule has 0 saturated carbocycles. The number of nitrogens with zero attached hydrogens (tertiary/aromatic N) is 2. The number of hydrogen-bond donors (Lipinski definition) is 2. The van der Waals surface area contributed by atoms with Crippen molar-refractivity contribution in [3.8, 4) is 11.1 Å². The maximum atomic E-state index is 11.1. The van der Waals surface area contributed by atoms with E-state index in [9.17, 15) is 9.59 Å². The Morgan fingerprint density at radius 1 is 1.17 bits per heavy atom. The van der Waals surface area contributed by atoms with Gasteiger partial charge in [-0.05, 0) is 34.9 Å². The minimum absolute atomic E-state index is 0.0748. The predicted molar refractivity (Wildman–Crippen MR) is 94.5 cm³/mol. The van der Waals surface area contributed by atoms with Gasteiger partial charge in [0.15, 0.2) is 5.17 Å². The Morgan fingerprint density at radius 3 is 2.62 bits per heavy atom. The van der Waals surface area contributed by atoms with E-state index in [1.54, 1.807) is 24.4 Å². The molecule has 0 atom stereocenters. The normalized spacial score (nSPS) is 15.8. The number of carbonyl (C=O) groups is 2. The van der Waals surface area contributed by atoms with Gasteiger partial charge >= 0.3 is 5.97 Å². The summed E-state index contributed by atoms with van der Waals surface area (Å²) in [5.41, 5.74) is 2.77. The summed E-state index contributed by atoms with van der Waals surface area (Å²) in [6.07, 6.45) is 1.59. The van der Waals surface area contributed by atoms with E-state index in [1.807, 2.05) is 30.3 Å². The second-order valence-electron chi connectivity index (χ2n) is 5.00. The average Bonchev–Trinajstić information content (AvgIpc) is 3.00. The minimum Gasteiger partial charge on any atom is -0.478 e. The van der Waals surface area contributed by atoms with E-state index < -0.39 is 5.97 Å². The largest absolute Gasteiger partial charge is 0.478 e. The standard InChI is InChI=1S/C17H13N3O3S/c21-15-10-24-17(19-15)20-18-9-11-3-1-4-12(7-11)13-5-2-6-14(8-13)16(22)23/h1-9H,10H2,(H,22,23)(H,19,20,21). The molecule has 2 aromatic rings. The van der Waals surface area contributed by atoms with E-state index in [-0.39, 0.29) is 11.5 Å². The van der Waals surface area contributed by atoms with Gasteiger partial charge in [-0.15, -0.1) is 5.10 Å². The number of hydrogen-bond acceptors (Lipinski definition) is 5. The first kappa shape index (κ1) is 15.9. The van der Waals surface area contributed by atoms with Crippen LogP contribution in [0.4, 0.5) is 0 Å². The molecule has 2 aromatic carbocycles. The Hall–Kier alpha value is -2.93. The van der Waals surface area contributed by atoms with Crippen LogP contribution in [-0.4, -0.2) is 34.1 Å². The maximum absolute atomic E-state index is 11.1. The Kier molecular flexibility index (Phi) is 4.72. The number of carboxylic acids is 1. The molecule has 1 aliphatic rings. The van der Waals surface area contributed by atoms with Crippen molar-refractivity contribution in [3.63, 3.8) is 0 Å². The summed E-state index contributed by atoms with van der Waals surface area (Å²) < 4.78 is 0. The summed E-state index contributed by atoms with van der Waals surface area (Å²) in [4.78, 5) is 22.1. The fourth-order valence-electron chi connectivity index (χ4n) is 2.16. The zero-order valence-corrected chi connectivity index (χ0v) is 13.3. The van der Waals surface area contributed by atoms with Crippen molar-refractivity contribution in [2.45, 2.75) is 0 Å². The molecule has 0 aliphatic carbocycles. The SMILES string of the molecule is O=C1CSC(=NN=Cc2cccc(-c3cccc(C(=O)O)c3)c2)N1. The Balaban J connectivity index is 1.80. The smallest absolute Gasteiger partial charge is 0.335 e. The molecule has 0 spiro atoms. The lowest BCUT2D eigenvalue weighted by Gasteiger charge is -2.04. The molecule has 1 aliphatic heterocycles. The van der Waals surface area contributed by atoms with E-state index in [1.165, 1.54) is 11.8 Å².